The Morgan fingerprint density at radius 1 is 1.39 bits per heavy atom. The van der Waals surface area contributed by atoms with Gasteiger partial charge in [-0.2, -0.15) is 5.10 Å². The third-order valence-electron chi connectivity index (χ3n) is 4.02. The van der Waals surface area contributed by atoms with E-state index in [1.807, 2.05) is 0 Å². The minimum atomic E-state index is -2.54. The number of rotatable bonds is 5. The molecular formula is C13H20F2N2O. The first kappa shape index (κ1) is 13.4. The predicted molar refractivity (Wildman–Crippen MR) is 65.5 cm³/mol. The number of hydrazone groups is 1. The van der Waals surface area contributed by atoms with E-state index in [0.717, 1.165) is 12.8 Å². The Labute approximate surface area is 106 Å². The smallest absolute Gasteiger partial charge is 0.249 e. The Bertz CT molecular complexity index is 356. The summed E-state index contributed by atoms with van der Waals surface area (Å²) in [5.74, 6) is -2.32. The minimum absolute atomic E-state index is 0.0351. The van der Waals surface area contributed by atoms with Crippen LogP contribution in [0.5, 0.6) is 0 Å². The van der Waals surface area contributed by atoms with Crippen LogP contribution in [-0.2, 0) is 4.79 Å². The Balaban J connectivity index is 1.93. The molecule has 1 amide bonds. The van der Waals surface area contributed by atoms with Gasteiger partial charge in [0.1, 0.15) is 0 Å². The van der Waals surface area contributed by atoms with Crippen molar-refractivity contribution in [3.8, 4) is 0 Å². The fourth-order valence-corrected chi connectivity index (χ4v) is 2.55. The van der Waals surface area contributed by atoms with Crippen LogP contribution < -0.4 is 0 Å². The summed E-state index contributed by atoms with van der Waals surface area (Å²) in [7, 11) is 0. The van der Waals surface area contributed by atoms with Gasteiger partial charge in [0.15, 0.2) is 0 Å². The van der Waals surface area contributed by atoms with E-state index in [0.29, 0.717) is 18.2 Å². The zero-order chi connectivity index (χ0) is 13.3. The Kier molecular flexibility index (Phi) is 3.69. The van der Waals surface area contributed by atoms with Crippen LogP contribution in [0.15, 0.2) is 5.10 Å². The van der Waals surface area contributed by atoms with Crippen LogP contribution in [-0.4, -0.2) is 29.1 Å². The van der Waals surface area contributed by atoms with Crippen molar-refractivity contribution in [2.75, 3.05) is 6.54 Å². The molecule has 5 heteroatoms. The number of amides is 1. The lowest BCUT2D eigenvalue weighted by molar-refractivity contribution is -0.129. The highest BCUT2D eigenvalue weighted by molar-refractivity contribution is 6.06. The fourth-order valence-electron chi connectivity index (χ4n) is 2.55. The highest BCUT2D eigenvalue weighted by Gasteiger charge is 2.49. The molecule has 0 unspecified atom stereocenters. The van der Waals surface area contributed by atoms with Crippen LogP contribution in [0.25, 0.3) is 0 Å². The standard InChI is InChI=1S/C13H20F2N2O/c1-3-9(4-2)8-17-12(18)5-11(16-17)10-6-13(14,15)7-10/h9-10H,3-8H2,1-2H3. The van der Waals surface area contributed by atoms with E-state index in [2.05, 4.69) is 18.9 Å². The third-order valence-corrected chi connectivity index (χ3v) is 4.02. The van der Waals surface area contributed by atoms with Gasteiger partial charge in [-0.3, -0.25) is 4.79 Å². The monoisotopic (exact) mass is 258 g/mol. The first-order valence-corrected chi connectivity index (χ1v) is 6.70. The van der Waals surface area contributed by atoms with Crippen LogP contribution in [0.1, 0.15) is 46.0 Å². The molecular weight excluding hydrogens is 238 g/mol. The normalized spacial score (nSPS) is 23.5. The summed E-state index contributed by atoms with van der Waals surface area (Å²) >= 11 is 0. The van der Waals surface area contributed by atoms with Crippen LogP contribution in [0, 0.1) is 11.8 Å². The molecule has 0 aromatic carbocycles. The van der Waals surface area contributed by atoms with Gasteiger partial charge in [-0.15, -0.1) is 0 Å². The molecule has 2 rings (SSSR count). The molecule has 0 N–H and O–H groups in total. The zero-order valence-electron chi connectivity index (χ0n) is 11.0. The zero-order valence-corrected chi connectivity index (χ0v) is 11.0. The van der Waals surface area contributed by atoms with Crippen molar-refractivity contribution in [3.05, 3.63) is 0 Å². The number of nitrogens with zero attached hydrogens (tertiary/aromatic N) is 2. The highest BCUT2D eigenvalue weighted by Crippen LogP contribution is 2.44. The summed E-state index contributed by atoms with van der Waals surface area (Å²) in [5, 5.41) is 5.75. The molecule has 1 heterocycles. The highest BCUT2D eigenvalue weighted by atomic mass is 19.3. The lowest BCUT2D eigenvalue weighted by Gasteiger charge is -2.34. The summed E-state index contributed by atoms with van der Waals surface area (Å²) in [6.45, 7) is 4.80. The van der Waals surface area contributed by atoms with Gasteiger partial charge in [0.25, 0.3) is 0 Å². The fraction of sp³-hybridized carbons (Fsp3) is 0.846. The molecule has 0 aromatic heterocycles. The SMILES string of the molecule is CCC(CC)CN1N=C(C2CC(F)(F)C2)CC1=O. The van der Waals surface area contributed by atoms with E-state index in [9.17, 15) is 13.6 Å². The molecule has 0 aromatic rings. The predicted octanol–water partition coefficient (Wildman–Crippen LogP) is 3.06. The van der Waals surface area contributed by atoms with Crippen LogP contribution >= 0.6 is 0 Å². The van der Waals surface area contributed by atoms with E-state index in [4.69, 9.17) is 0 Å². The molecule has 18 heavy (non-hydrogen) atoms. The maximum Gasteiger partial charge on any atom is 0.249 e. The van der Waals surface area contributed by atoms with Crippen molar-refractivity contribution >= 4 is 11.6 Å². The molecule has 0 bridgehead atoms. The lowest BCUT2D eigenvalue weighted by Crippen LogP contribution is -2.39. The van der Waals surface area contributed by atoms with E-state index >= 15 is 0 Å². The summed E-state index contributed by atoms with van der Waals surface area (Å²) in [4.78, 5) is 11.8. The topological polar surface area (TPSA) is 32.7 Å². The summed E-state index contributed by atoms with van der Waals surface area (Å²) in [6.07, 6.45) is 1.97. The molecule has 0 saturated heterocycles. The largest absolute Gasteiger partial charge is 0.273 e. The second-order valence-corrected chi connectivity index (χ2v) is 5.39. The maximum atomic E-state index is 12.8. The van der Waals surface area contributed by atoms with Crippen LogP contribution in [0.4, 0.5) is 8.78 Å². The van der Waals surface area contributed by atoms with Gasteiger partial charge >= 0.3 is 0 Å². The van der Waals surface area contributed by atoms with Gasteiger partial charge in [0.2, 0.25) is 11.8 Å². The molecule has 1 saturated carbocycles. The number of alkyl halides is 2. The van der Waals surface area contributed by atoms with Gasteiger partial charge in [-0.25, -0.2) is 13.8 Å². The number of carbonyl (C=O) groups is 1. The summed E-state index contributed by atoms with van der Waals surface area (Å²) < 4.78 is 25.6. The number of hydrogen-bond donors (Lipinski definition) is 0. The summed E-state index contributed by atoms with van der Waals surface area (Å²) in [5.41, 5.74) is 0.664. The third kappa shape index (κ3) is 2.70. The van der Waals surface area contributed by atoms with E-state index in [1.54, 1.807) is 0 Å². The molecule has 0 atom stereocenters. The van der Waals surface area contributed by atoms with Crippen LogP contribution in [0.3, 0.4) is 0 Å². The van der Waals surface area contributed by atoms with Crippen molar-refractivity contribution in [1.29, 1.82) is 0 Å². The molecule has 3 nitrogen and oxygen atoms in total. The van der Waals surface area contributed by atoms with Crippen molar-refractivity contribution in [2.45, 2.75) is 51.9 Å². The molecule has 0 radical (unpaired) electrons. The first-order valence-electron chi connectivity index (χ1n) is 6.70. The number of carbonyl (C=O) groups excluding carboxylic acids is 1. The molecule has 1 aliphatic carbocycles. The maximum absolute atomic E-state index is 12.8. The summed E-state index contributed by atoms with van der Waals surface area (Å²) in [6, 6.07) is 0. The van der Waals surface area contributed by atoms with Crippen molar-refractivity contribution < 1.29 is 13.6 Å². The van der Waals surface area contributed by atoms with E-state index < -0.39 is 5.92 Å². The van der Waals surface area contributed by atoms with Gasteiger partial charge < -0.3 is 0 Å². The second kappa shape index (κ2) is 4.94. The molecule has 1 fully saturated rings. The van der Waals surface area contributed by atoms with Gasteiger partial charge in [0, 0.05) is 25.3 Å². The minimum Gasteiger partial charge on any atom is -0.273 e. The molecule has 102 valence electrons. The van der Waals surface area contributed by atoms with E-state index in [1.165, 1.54) is 5.01 Å². The number of halogens is 2. The Hall–Kier alpha value is -1.00. The van der Waals surface area contributed by atoms with Crippen molar-refractivity contribution in [1.82, 2.24) is 5.01 Å². The lowest BCUT2D eigenvalue weighted by atomic mass is 9.77. The number of hydrogen-bond acceptors (Lipinski definition) is 2. The van der Waals surface area contributed by atoms with E-state index in [-0.39, 0.29) is 31.1 Å². The van der Waals surface area contributed by atoms with Gasteiger partial charge in [-0.05, 0) is 5.92 Å². The average molecular weight is 258 g/mol. The van der Waals surface area contributed by atoms with Crippen molar-refractivity contribution in [2.24, 2.45) is 16.9 Å². The Morgan fingerprint density at radius 3 is 2.50 bits per heavy atom. The van der Waals surface area contributed by atoms with Crippen LogP contribution in [0.2, 0.25) is 0 Å². The van der Waals surface area contributed by atoms with Crippen molar-refractivity contribution in [3.63, 3.8) is 0 Å². The molecule has 2 aliphatic rings. The molecule has 1 aliphatic heterocycles. The van der Waals surface area contributed by atoms with Gasteiger partial charge in [-0.1, -0.05) is 26.7 Å². The second-order valence-electron chi connectivity index (χ2n) is 5.39. The Morgan fingerprint density at radius 2 is 2.00 bits per heavy atom. The molecule has 0 spiro atoms. The van der Waals surface area contributed by atoms with Gasteiger partial charge in [0.05, 0.1) is 12.1 Å². The first-order chi connectivity index (χ1) is 8.45. The average Bonchev–Trinajstić information content (AvgIpc) is 2.64. The quantitative estimate of drug-likeness (QED) is 0.746.